The molecule has 0 fully saturated rings. The zero-order valence-corrected chi connectivity index (χ0v) is 16.1. The van der Waals surface area contributed by atoms with E-state index in [9.17, 15) is 22.8 Å². The van der Waals surface area contributed by atoms with Gasteiger partial charge >= 0.3 is 5.97 Å². The molecule has 28 heavy (non-hydrogen) atoms. The van der Waals surface area contributed by atoms with Gasteiger partial charge in [-0.15, -0.1) is 0 Å². The number of Topliss-reactive ketones (excluding diaryl/α,β-unsaturated/α-hetero) is 1. The molecule has 1 amide bonds. The van der Waals surface area contributed by atoms with E-state index >= 15 is 0 Å². The van der Waals surface area contributed by atoms with Crippen LogP contribution in [0.4, 0.5) is 0 Å². The molecule has 0 saturated carbocycles. The summed E-state index contributed by atoms with van der Waals surface area (Å²) in [5, 5.41) is 0. The SMILES string of the molecule is Cc1ccc(C(=O)CCC(=O)OCCN2C(=O)c3ccccc3S2(=O)=O)cc1. The molecule has 3 rings (SSSR count). The zero-order valence-electron chi connectivity index (χ0n) is 15.3. The van der Waals surface area contributed by atoms with Crippen molar-refractivity contribution < 1.29 is 27.5 Å². The number of benzene rings is 2. The molecule has 2 aromatic rings. The summed E-state index contributed by atoms with van der Waals surface area (Å²) in [6.07, 6.45) is -0.123. The second-order valence-electron chi connectivity index (χ2n) is 6.39. The number of hydrogen-bond acceptors (Lipinski definition) is 6. The van der Waals surface area contributed by atoms with Crippen molar-refractivity contribution in [2.24, 2.45) is 0 Å². The van der Waals surface area contributed by atoms with Crippen molar-refractivity contribution in [3.63, 3.8) is 0 Å². The van der Waals surface area contributed by atoms with Gasteiger partial charge in [-0.1, -0.05) is 42.0 Å². The summed E-state index contributed by atoms with van der Waals surface area (Å²) in [5.74, 6) is -1.44. The van der Waals surface area contributed by atoms with Gasteiger partial charge in [0.05, 0.1) is 18.5 Å². The van der Waals surface area contributed by atoms with E-state index in [1.807, 2.05) is 19.1 Å². The van der Waals surface area contributed by atoms with Gasteiger partial charge in [0.25, 0.3) is 15.9 Å². The van der Waals surface area contributed by atoms with E-state index < -0.39 is 21.9 Å². The van der Waals surface area contributed by atoms with Gasteiger partial charge in [-0.3, -0.25) is 14.4 Å². The summed E-state index contributed by atoms with van der Waals surface area (Å²) in [4.78, 5) is 36.1. The highest BCUT2D eigenvalue weighted by Crippen LogP contribution is 2.29. The van der Waals surface area contributed by atoms with Gasteiger partial charge in [0.15, 0.2) is 5.78 Å². The first kappa shape index (κ1) is 19.8. The molecule has 0 atom stereocenters. The van der Waals surface area contributed by atoms with Crippen LogP contribution in [0, 0.1) is 6.92 Å². The zero-order chi connectivity index (χ0) is 20.3. The highest BCUT2D eigenvalue weighted by atomic mass is 32.2. The Morgan fingerprint density at radius 2 is 1.68 bits per heavy atom. The molecule has 7 nitrogen and oxygen atoms in total. The Balaban J connectivity index is 1.49. The minimum atomic E-state index is -3.92. The Morgan fingerprint density at radius 3 is 2.36 bits per heavy atom. The second-order valence-corrected chi connectivity index (χ2v) is 8.22. The first-order valence-corrected chi connectivity index (χ1v) is 10.2. The number of ketones is 1. The van der Waals surface area contributed by atoms with Gasteiger partial charge in [-0.05, 0) is 19.1 Å². The predicted molar refractivity (Wildman–Crippen MR) is 100 cm³/mol. The molecule has 8 heteroatoms. The van der Waals surface area contributed by atoms with Crippen LogP contribution >= 0.6 is 0 Å². The van der Waals surface area contributed by atoms with Crippen LogP contribution in [-0.4, -0.2) is 43.5 Å². The van der Waals surface area contributed by atoms with Crippen LogP contribution in [0.5, 0.6) is 0 Å². The van der Waals surface area contributed by atoms with Crippen molar-refractivity contribution in [3.8, 4) is 0 Å². The van der Waals surface area contributed by atoms with E-state index in [1.54, 1.807) is 18.2 Å². The third-order valence-corrected chi connectivity index (χ3v) is 6.24. The minimum Gasteiger partial charge on any atom is -0.464 e. The smallest absolute Gasteiger partial charge is 0.306 e. The third kappa shape index (κ3) is 3.96. The van der Waals surface area contributed by atoms with Crippen LogP contribution < -0.4 is 0 Å². The maximum atomic E-state index is 12.4. The molecule has 0 spiro atoms. The number of fused-ring (bicyclic) bond motifs is 1. The fourth-order valence-electron chi connectivity index (χ4n) is 2.87. The molecule has 0 unspecified atom stereocenters. The van der Waals surface area contributed by atoms with Gasteiger partial charge in [-0.25, -0.2) is 12.7 Å². The lowest BCUT2D eigenvalue weighted by atomic mass is 10.1. The molecule has 1 aliphatic rings. The molecule has 0 bridgehead atoms. The van der Waals surface area contributed by atoms with Gasteiger partial charge in [-0.2, -0.15) is 0 Å². The molecule has 0 saturated heterocycles. The summed E-state index contributed by atoms with van der Waals surface area (Å²) in [6.45, 7) is 1.37. The monoisotopic (exact) mass is 401 g/mol. The van der Waals surface area contributed by atoms with Crippen LogP contribution in [0.15, 0.2) is 53.4 Å². The van der Waals surface area contributed by atoms with Crippen LogP contribution in [-0.2, 0) is 19.6 Å². The number of sulfonamides is 1. The number of aryl methyl sites for hydroxylation is 1. The van der Waals surface area contributed by atoms with Crippen LogP contribution in [0.3, 0.4) is 0 Å². The first-order chi connectivity index (χ1) is 13.3. The van der Waals surface area contributed by atoms with Crippen molar-refractivity contribution in [3.05, 3.63) is 65.2 Å². The highest BCUT2D eigenvalue weighted by molar-refractivity contribution is 7.90. The standard InChI is InChI=1S/C20H19NO6S/c1-14-6-8-15(9-7-14)17(22)10-11-19(23)27-13-12-21-20(24)16-4-2-3-5-18(16)28(21,25)26/h2-9H,10-13H2,1H3. The molecule has 0 aromatic heterocycles. The average Bonchev–Trinajstić information content (AvgIpc) is 2.87. The van der Waals surface area contributed by atoms with E-state index in [0.717, 1.165) is 5.56 Å². The molecule has 0 radical (unpaired) electrons. The summed E-state index contributed by atoms with van der Waals surface area (Å²) >= 11 is 0. The van der Waals surface area contributed by atoms with Gasteiger partial charge in [0.2, 0.25) is 0 Å². The number of rotatable bonds is 7. The van der Waals surface area contributed by atoms with E-state index in [0.29, 0.717) is 9.87 Å². The van der Waals surface area contributed by atoms with Crippen LogP contribution in [0.1, 0.15) is 39.1 Å². The summed E-state index contributed by atoms with van der Waals surface area (Å²) < 4.78 is 30.5. The lowest BCUT2D eigenvalue weighted by molar-refractivity contribution is -0.143. The number of amides is 1. The minimum absolute atomic E-state index is 0.00568. The summed E-state index contributed by atoms with van der Waals surface area (Å²) in [6, 6.07) is 13.0. The maximum Gasteiger partial charge on any atom is 0.306 e. The number of ether oxygens (including phenoxy) is 1. The topological polar surface area (TPSA) is 97.8 Å². The Labute approximate surface area is 163 Å². The number of nitrogens with zero attached hydrogens (tertiary/aromatic N) is 1. The van der Waals surface area contributed by atoms with Crippen molar-refractivity contribution in [2.75, 3.05) is 13.2 Å². The van der Waals surface area contributed by atoms with E-state index in [2.05, 4.69) is 0 Å². The summed E-state index contributed by atoms with van der Waals surface area (Å²) in [7, 11) is -3.92. The van der Waals surface area contributed by atoms with Crippen LogP contribution in [0.25, 0.3) is 0 Å². The predicted octanol–water partition coefficient (Wildman–Crippen LogP) is 2.35. The Bertz CT molecular complexity index is 1030. The maximum absolute atomic E-state index is 12.4. The molecule has 146 valence electrons. The second kappa shape index (κ2) is 7.93. The van der Waals surface area contributed by atoms with Crippen molar-refractivity contribution in [2.45, 2.75) is 24.7 Å². The third-order valence-electron chi connectivity index (χ3n) is 4.40. The van der Waals surface area contributed by atoms with E-state index in [4.69, 9.17) is 4.74 Å². The van der Waals surface area contributed by atoms with E-state index in [1.165, 1.54) is 18.2 Å². The van der Waals surface area contributed by atoms with Gasteiger partial charge in [0.1, 0.15) is 11.5 Å². The molecular weight excluding hydrogens is 382 g/mol. The first-order valence-electron chi connectivity index (χ1n) is 8.72. The Kier molecular flexibility index (Phi) is 5.60. The Morgan fingerprint density at radius 1 is 1.00 bits per heavy atom. The number of carbonyl (C=O) groups excluding carboxylic acids is 3. The molecule has 2 aromatic carbocycles. The highest BCUT2D eigenvalue weighted by Gasteiger charge is 2.40. The number of esters is 1. The van der Waals surface area contributed by atoms with Crippen molar-refractivity contribution in [1.29, 1.82) is 0 Å². The van der Waals surface area contributed by atoms with Crippen LogP contribution in [0.2, 0.25) is 0 Å². The van der Waals surface area contributed by atoms with Gasteiger partial charge in [0, 0.05) is 12.0 Å². The lowest BCUT2D eigenvalue weighted by Crippen LogP contribution is -2.33. The molecular formula is C20H19NO6S. The van der Waals surface area contributed by atoms with E-state index in [-0.39, 0.29) is 42.2 Å². The fourth-order valence-corrected chi connectivity index (χ4v) is 4.42. The Hall–Kier alpha value is -3.00. The average molecular weight is 401 g/mol. The van der Waals surface area contributed by atoms with Crippen molar-refractivity contribution >= 4 is 27.7 Å². The quantitative estimate of drug-likeness (QED) is 0.522. The largest absolute Gasteiger partial charge is 0.464 e. The molecule has 0 N–H and O–H groups in total. The normalized spacial score (nSPS) is 14.6. The number of carbonyl (C=O) groups is 3. The lowest BCUT2D eigenvalue weighted by Gasteiger charge is -2.14. The number of hydrogen-bond donors (Lipinski definition) is 0. The molecule has 0 aliphatic carbocycles. The molecule has 1 heterocycles. The fraction of sp³-hybridized carbons (Fsp3) is 0.250. The molecule has 1 aliphatic heterocycles. The van der Waals surface area contributed by atoms with Gasteiger partial charge < -0.3 is 4.74 Å². The van der Waals surface area contributed by atoms with Crippen molar-refractivity contribution in [1.82, 2.24) is 4.31 Å². The summed E-state index contributed by atoms with van der Waals surface area (Å²) in [5.41, 5.74) is 1.66.